The number of aryl methyl sites for hydroxylation is 1. The molecule has 17 heavy (non-hydrogen) atoms. The molecule has 4 rings (SSSR count). The lowest BCUT2D eigenvalue weighted by atomic mass is 10.2. The van der Waals surface area contributed by atoms with Gasteiger partial charge in [-0.2, -0.15) is 0 Å². The zero-order chi connectivity index (χ0) is 11.9. The Morgan fingerprint density at radius 3 is 2.41 bits per heavy atom. The SMILES string of the molecule is CCCCCn1ccnn1.c1cc2cc(c1)N2. The topological polar surface area (TPSA) is 42.7 Å². The molecule has 0 atom stereocenters. The molecular weight excluding hydrogens is 212 g/mol. The number of anilines is 2. The maximum atomic E-state index is 3.85. The predicted molar refractivity (Wildman–Crippen MR) is 69.3 cm³/mol. The molecule has 90 valence electrons. The number of hydrogen-bond donors (Lipinski definition) is 1. The Kier molecular flexibility index (Phi) is 4.13. The third-order valence-electron chi connectivity index (χ3n) is 2.61. The van der Waals surface area contributed by atoms with Gasteiger partial charge in [-0.15, -0.1) is 5.10 Å². The zero-order valence-electron chi connectivity index (χ0n) is 10.1. The van der Waals surface area contributed by atoms with Crippen molar-refractivity contribution in [3.05, 3.63) is 36.7 Å². The van der Waals surface area contributed by atoms with Gasteiger partial charge in [-0.1, -0.05) is 31.0 Å². The van der Waals surface area contributed by atoms with Gasteiger partial charge >= 0.3 is 0 Å². The van der Waals surface area contributed by atoms with Gasteiger partial charge in [-0.05, 0) is 24.6 Å². The standard InChI is InChI=1S/C7H13N3.C6H5N/c1-2-3-4-6-10-7-5-8-9-10;1-2-5-4-6(3-1)7-5/h5,7H,2-4,6H2,1H3;1-4,7H. The number of rotatable bonds is 4. The number of aromatic nitrogens is 3. The molecule has 0 saturated carbocycles. The minimum atomic E-state index is 1.01. The summed E-state index contributed by atoms with van der Waals surface area (Å²) in [4.78, 5) is 0. The fraction of sp³-hybridized carbons (Fsp3) is 0.385. The second-order valence-corrected chi connectivity index (χ2v) is 4.08. The van der Waals surface area contributed by atoms with Crippen molar-refractivity contribution in [1.29, 1.82) is 0 Å². The Labute approximate surface area is 102 Å². The molecule has 0 unspecified atom stereocenters. The molecule has 0 amide bonds. The molecule has 0 spiro atoms. The second-order valence-electron chi connectivity index (χ2n) is 4.08. The minimum absolute atomic E-state index is 1.01. The van der Waals surface area contributed by atoms with E-state index in [1.54, 1.807) is 6.20 Å². The van der Waals surface area contributed by atoms with E-state index in [-0.39, 0.29) is 0 Å². The summed E-state index contributed by atoms with van der Waals surface area (Å²) in [6.07, 6.45) is 7.36. The van der Waals surface area contributed by atoms with Crippen LogP contribution >= 0.6 is 0 Å². The summed E-state index contributed by atoms with van der Waals surface area (Å²) in [5.41, 5.74) is 2.47. The number of fused-ring (bicyclic) bond motifs is 2. The summed E-state index contributed by atoms with van der Waals surface area (Å²) >= 11 is 0. The lowest BCUT2D eigenvalue weighted by Gasteiger charge is -2.15. The number of hydrogen-bond acceptors (Lipinski definition) is 3. The third kappa shape index (κ3) is 3.59. The molecule has 2 aliphatic heterocycles. The fourth-order valence-electron chi connectivity index (χ4n) is 1.64. The van der Waals surface area contributed by atoms with E-state index >= 15 is 0 Å². The Bertz CT molecular complexity index is 412. The molecule has 2 aromatic rings. The van der Waals surface area contributed by atoms with Crippen LogP contribution in [-0.2, 0) is 6.54 Å². The Morgan fingerprint density at radius 1 is 1.24 bits per heavy atom. The quantitative estimate of drug-likeness (QED) is 0.700. The van der Waals surface area contributed by atoms with Crippen LogP contribution < -0.4 is 5.32 Å². The Balaban J connectivity index is 0.000000134. The van der Waals surface area contributed by atoms with Crippen LogP contribution in [0, 0.1) is 0 Å². The van der Waals surface area contributed by atoms with Gasteiger partial charge in [0, 0.05) is 24.1 Å². The van der Waals surface area contributed by atoms with Crippen LogP contribution in [0.4, 0.5) is 11.4 Å². The highest BCUT2D eigenvalue weighted by molar-refractivity contribution is 5.73. The lowest BCUT2D eigenvalue weighted by Crippen LogP contribution is -1.98. The summed E-state index contributed by atoms with van der Waals surface area (Å²) in [6.45, 7) is 3.20. The van der Waals surface area contributed by atoms with Crippen LogP contribution in [0.25, 0.3) is 0 Å². The van der Waals surface area contributed by atoms with Crippen LogP contribution in [0.5, 0.6) is 0 Å². The van der Waals surface area contributed by atoms with Gasteiger partial charge in [0.2, 0.25) is 0 Å². The molecule has 4 heteroatoms. The van der Waals surface area contributed by atoms with E-state index in [1.807, 2.05) is 29.1 Å². The molecule has 2 bridgehead atoms. The van der Waals surface area contributed by atoms with Gasteiger partial charge in [-0.25, -0.2) is 0 Å². The largest absolute Gasteiger partial charge is 0.355 e. The zero-order valence-corrected chi connectivity index (χ0v) is 10.1. The average Bonchev–Trinajstić information content (AvgIpc) is 2.84. The van der Waals surface area contributed by atoms with Gasteiger partial charge in [0.1, 0.15) is 0 Å². The van der Waals surface area contributed by atoms with Crippen molar-refractivity contribution < 1.29 is 0 Å². The number of nitrogens with zero attached hydrogens (tertiary/aromatic N) is 3. The molecule has 4 nitrogen and oxygen atoms in total. The highest BCUT2D eigenvalue weighted by atomic mass is 15.4. The smallest absolute Gasteiger partial charge is 0.0692 e. The Hall–Kier alpha value is -1.84. The highest BCUT2D eigenvalue weighted by Crippen LogP contribution is 2.27. The van der Waals surface area contributed by atoms with Crippen molar-refractivity contribution in [2.75, 3.05) is 5.32 Å². The molecular formula is C13H18N4. The van der Waals surface area contributed by atoms with E-state index in [0.717, 1.165) is 6.54 Å². The van der Waals surface area contributed by atoms with Crippen LogP contribution in [0.3, 0.4) is 0 Å². The van der Waals surface area contributed by atoms with E-state index in [9.17, 15) is 0 Å². The Morgan fingerprint density at radius 2 is 2.00 bits per heavy atom. The van der Waals surface area contributed by atoms with Crippen LogP contribution in [0.2, 0.25) is 0 Å². The average molecular weight is 230 g/mol. The summed E-state index contributed by atoms with van der Waals surface area (Å²) < 4.78 is 1.87. The summed E-state index contributed by atoms with van der Waals surface area (Å²) in [6, 6.07) is 8.25. The van der Waals surface area contributed by atoms with E-state index < -0.39 is 0 Å². The van der Waals surface area contributed by atoms with Crippen molar-refractivity contribution in [1.82, 2.24) is 15.0 Å². The van der Waals surface area contributed by atoms with Crippen molar-refractivity contribution in [2.24, 2.45) is 0 Å². The first kappa shape index (κ1) is 11.6. The van der Waals surface area contributed by atoms with E-state index in [4.69, 9.17) is 0 Å². The van der Waals surface area contributed by atoms with Gasteiger partial charge in [0.05, 0.1) is 6.20 Å². The van der Waals surface area contributed by atoms with E-state index in [1.165, 1.54) is 30.6 Å². The first-order valence-corrected chi connectivity index (χ1v) is 6.09. The monoisotopic (exact) mass is 230 g/mol. The van der Waals surface area contributed by atoms with E-state index in [0.29, 0.717) is 0 Å². The summed E-state index contributed by atoms with van der Waals surface area (Å²) in [5, 5.41) is 10.7. The van der Waals surface area contributed by atoms with Gasteiger partial charge in [0.25, 0.3) is 0 Å². The summed E-state index contributed by atoms with van der Waals surface area (Å²) in [5.74, 6) is 0. The van der Waals surface area contributed by atoms with Crippen molar-refractivity contribution in [3.63, 3.8) is 0 Å². The van der Waals surface area contributed by atoms with Crippen molar-refractivity contribution >= 4 is 11.4 Å². The van der Waals surface area contributed by atoms with Gasteiger partial charge < -0.3 is 5.32 Å². The molecule has 1 aromatic carbocycles. The molecule has 1 aromatic heterocycles. The van der Waals surface area contributed by atoms with Crippen molar-refractivity contribution in [3.8, 4) is 0 Å². The van der Waals surface area contributed by atoms with Gasteiger partial charge in [-0.3, -0.25) is 4.68 Å². The first-order chi connectivity index (χ1) is 8.38. The summed E-state index contributed by atoms with van der Waals surface area (Å²) in [7, 11) is 0. The molecule has 3 heterocycles. The van der Waals surface area contributed by atoms with Gasteiger partial charge in [0.15, 0.2) is 0 Å². The maximum absolute atomic E-state index is 3.85. The highest BCUT2D eigenvalue weighted by Gasteiger charge is 2.02. The van der Waals surface area contributed by atoms with Crippen LogP contribution in [0.1, 0.15) is 26.2 Å². The van der Waals surface area contributed by atoms with Crippen LogP contribution in [-0.4, -0.2) is 15.0 Å². The lowest BCUT2D eigenvalue weighted by molar-refractivity contribution is 0.537. The fourth-order valence-corrected chi connectivity index (χ4v) is 1.64. The first-order valence-electron chi connectivity index (χ1n) is 6.09. The predicted octanol–water partition coefficient (Wildman–Crippen LogP) is 3.21. The van der Waals surface area contributed by atoms with E-state index in [2.05, 4.69) is 28.6 Å². The van der Waals surface area contributed by atoms with Crippen molar-refractivity contribution in [2.45, 2.75) is 32.7 Å². The normalized spacial score (nSPS) is 10.9. The number of benzene rings is 1. The molecule has 1 N–H and O–H groups in total. The number of unbranched alkanes of at least 4 members (excludes halogenated alkanes) is 2. The molecule has 0 aliphatic carbocycles. The van der Waals surface area contributed by atoms with Crippen LogP contribution in [0.15, 0.2) is 36.7 Å². The maximum Gasteiger partial charge on any atom is 0.0692 e. The molecule has 0 radical (unpaired) electrons. The molecule has 2 aliphatic rings. The molecule has 0 saturated heterocycles. The minimum Gasteiger partial charge on any atom is -0.355 e. The molecule has 0 fully saturated rings. The number of nitrogens with one attached hydrogen (secondary N) is 1. The third-order valence-corrected chi connectivity index (χ3v) is 2.61. The second kappa shape index (κ2) is 6.03.